The van der Waals surface area contributed by atoms with Crippen LogP contribution in [0.15, 0.2) is 18.2 Å². The molecule has 0 bridgehead atoms. The number of carbonyl (C=O) groups is 1. The molecular weight excluding hydrogens is 190 g/mol. The van der Waals surface area contributed by atoms with Crippen molar-refractivity contribution in [2.24, 2.45) is 5.73 Å². The molecule has 1 aromatic rings. The van der Waals surface area contributed by atoms with E-state index in [1.54, 1.807) is 7.11 Å². The summed E-state index contributed by atoms with van der Waals surface area (Å²) < 4.78 is 5.18. The molecule has 0 saturated carbocycles. The van der Waals surface area contributed by atoms with Crippen molar-refractivity contribution < 1.29 is 9.53 Å². The lowest BCUT2D eigenvalue weighted by molar-refractivity contribution is -0.117. The summed E-state index contributed by atoms with van der Waals surface area (Å²) in [6.45, 7) is 4.20. The molecule has 0 unspecified atom stereocenters. The van der Waals surface area contributed by atoms with Gasteiger partial charge in [0.2, 0.25) is 5.91 Å². The van der Waals surface area contributed by atoms with Crippen LogP contribution in [0.25, 0.3) is 0 Å². The lowest BCUT2D eigenvalue weighted by atomic mass is 9.99. The van der Waals surface area contributed by atoms with Gasteiger partial charge in [0, 0.05) is 0 Å². The van der Waals surface area contributed by atoms with Gasteiger partial charge in [-0.3, -0.25) is 4.79 Å². The Hall–Kier alpha value is -1.51. The Morgan fingerprint density at radius 1 is 1.40 bits per heavy atom. The van der Waals surface area contributed by atoms with Crippen molar-refractivity contribution in [3.05, 3.63) is 29.3 Å². The summed E-state index contributed by atoms with van der Waals surface area (Å²) in [6.07, 6.45) is 0.261. The van der Waals surface area contributed by atoms with Crippen molar-refractivity contribution in [2.75, 3.05) is 7.11 Å². The van der Waals surface area contributed by atoms with Gasteiger partial charge >= 0.3 is 0 Å². The third-order valence-electron chi connectivity index (χ3n) is 2.27. The molecule has 1 rings (SSSR count). The molecule has 1 aromatic carbocycles. The zero-order valence-electron chi connectivity index (χ0n) is 9.41. The van der Waals surface area contributed by atoms with Gasteiger partial charge in [-0.25, -0.2) is 0 Å². The maximum absolute atomic E-state index is 10.8. The molecule has 1 amide bonds. The van der Waals surface area contributed by atoms with Gasteiger partial charge in [-0.1, -0.05) is 19.9 Å². The highest BCUT2D eigenvalue weighted by Gasteiger charge is 2.06. The molecule has 2 N–H and O–H groups in total. The topological polar surface area (TPSA) is 52.3 Å². The molecule has 3 heteroatoms. The standard InChI is InChI=1S/C12H17NO2/c1-8(2)10-4-9(6-12(13)14)5-11(7-10)15-3/h4-5,7-8H,6H2,1-3H3,(H2,13,14). The molecule has 0 aliphatic carbocycles. The number of methoxy groups -OCH3 is 1. The minimum absolute atomic E-state index is 0.261. The van der Waals surface area contributed by atoms with Crippen LogP contribution in [0.1, 0.15) is 30.9 Å². The average Bonchev–Trinajstić information content (AvgIpc) is 2.16. The van der Waals surface area contributed by atoms with E-state index in [0.717, 1.165) is 16.9 Å². The lowest BCUT2D eigenvalue weighted by Gasteiger charge is -2.10. The molecule has 0 aromatic heterocycles. The number of hydrogen-bond donors (Lipinski definition) is 1. The van der Waals surface area contributed by atoms with Crippen molar-refractivity contribution in [3.8, 4) is 5.75 Å². The Bertz CT molecular complexity index is 359. The number of amides is 1. The van der Waals surface area contributed by atoms with Crippen LogP contribution in [0, 0.1) is 0 Å². The second-order valence-corrected chi connectivity index (χ2v) is 3.91. The number of carbonyl (C=O) groups excluding carboxylic acids is 1. The summed E-state index contributed by atoms with van der Waals surface area (Å²) >= 11 is 0. The van der Waals surface area contributed by atoms with E-state index >= 15 is 0 Å². The highest BCUT2D eigenvalue weighted by molar-refractivity contribution is 5.76. The predicted molar refractivity (Wildman–Crippen MR) is 60.0 cm³/mol. The number of ether oxygens (including phenoxy) is 1. The maximum atomic E-state index is 10.8. The van der Waals surface area contributed by atoms with E-state index in [1.807, 2.05) is 18.2 Å². The first-order valence-electron chi connectivity index (χ1n) is 4.99. The summed E-state index contributed by atoms with van der Waals surface area (Å²) in [5, 5.41) is 0. The van der Waals surface area contributed by atoms with Crippen molar-refractivity contribution >= 4 is 5.91 Å². The summed E-state index contributed by atoms with van der Waals surface area (Å²) in [7, 11) is 1.62. The number of nitrogens with two attached hydrogens (primary N) is 1. The van der Waals surface area contributed by atoms with Gasteiger partial charge < -0.3 is 10.5 Å². The second-order valence-electron chi connectivity index (χ2n) is 3.91. The van der Waals surface area contributed by atoms with Crippen LogP contribution in [-0.4, -0.2) is 13.0 Å². The Morgan fingerprint density at radius 2 is 2.07 bits per heavy atom. The fourth-order valence-electron chi connectivity index (χ4n) is 1.44. The SMILES string of the molecule is COc1cc(CC(N)=O)cc(C(C)C)c1. The Labute approximate surface area is 90.2 Å². The van der Waals surface area contributed by atoms with Gasteiger partial charge in [0.15, 0.2) is 0 Å². The monoisotopic (exact) mass is 207 g/mol. The molecular formula is C12H17NO2. The highest BCUT2D eigenvalue weighted by atomic mass is 16.5. The maximum Gasteiger partial charge on any atom is 0.221 e. The van der Waals surface area contributed by atoms with Gasteiger partial charge in [-0.15, -0.1) is 0 Å². The Balaban J connectivity index is 3.05. The first-order chi connectivity index (χ1) is 7.02. The predicted octanol–water partition coefficient (Wildman–Crippen LogP) is 1.85. The number of hydrogen-bond acceptors (Lipinski definition) is 2. The van der Waals surface area contributed by atoms with Crippen LogP contribution < -0.4 is 10.5 Å². The van der Waals surface area contributed by atoms with Crippen LogP contribution in [0.3, 0.4) is 0 Å². The van der Waals surface area contributed by atoms with Gasteiger partial charge in [-0.2, -0.15) is 0 Å². The minimum atomic E-state index is -0.321. The smallest absolute Gasteiger partial charge is 0.221 e. The summed E-state index contributed by atoms with van der Waals surface area (Å²) in [5.41, 5.74) is 7.23. The summed E-state index contributed by atoms with van der Waals surface area (Å²) in [5.74, 6) is 0.863. The Morgan fingerprint density at radius 3 is 2.53 bits per heavy atom. The van der Waals surface area contributed by atoms with Crippen molar-refractivity contribution in [2.45, 2.75) is 26.2 Å². The minimum Gasteiger partial charge on any atom is -0.497 e. The summed E-state index contributed by atoms with van der Waals surface area (Å²) in [6, 6.07) is 5.82. The Kier molecular flexibility index (Phi) is 3.72. The largest absolute Gasteiger partial charge is 0.497 e. The normalized spacial score (nSPS) is 10.4. The van der Waals surface area contributed by atoms with Crippen LogP contribution in [-0.2, 0) is 11.2 Å². The van der Waals surface area contributed by atoms with Gasteiger partial charge in [-0.05, 0) is 29.2 Å². The number of benzene rings is 1. The number of primary amides is 1. The molecule has 0 saturated heterocycles. The van der Waals surface area contributed by atoms with Crippen LogP contribution in [0.4, 0.5) is 0 Å². The third kappa shape index (κ3) is 3.27. The van der Waals surface area contributed by atoms with Crippen molar-refractivity contribution in [3.63, 3.8) is 0 Å². The quantitative estimate of drug-likeness (QED) is 0.819. The van der Waals surface area contributed by atoms with E-state index in [4.69, 9.17) is 10.5 Å². The molecule has 82 valence electrons. The molecule has 0 radical (unpaired) electrons. The van der Waals surface area contributed by atoms with Crippen molar-refractivity contribution in [1.29, 1.82) is 0 Å². The van der Waals surface area contributed by atoms with E-state index in [-0.39, 0.29) is 12.3 Å². The van der Waals surface area contributed by atoms with Crippen LogP contribution >= 0.6 is 0 Å². The molecule has 0 heterocycles. The number of rotatable bonds is 4. The average molecular weight is 207 g/mol. The third-order valence-corrected chi connectivity index (χ3v) is 2.27. The molecule has 0 aliphatic heterocycles. The van der Waals surface area contributed by atoms with E-state index in [9.17, 15) is 4.79 Å². The summed E-state index contributed by atoms with van der Waals surface area (Å²) in [4.78, 5) is 10.8. The molecule has 0 atom stereocenters. The zero-order valence-corrected chi connectivity index (χ0v) is 9.41. The van der Waals surface area contributed by atoms with E-state index in [0.29, 0.717) is 5.92 Å². The molecule has 0 aliphatic rings. The van der Waals surface area contributed by atoms with Gasteiger partial charge in [0.25, 0.3) is 0 Å². The van der Waals surface area contributed by atoms with Crippen LogP contribution in [0.5, 0.6) is 5.75 Å². The molecule has 0 spiro atoms. The van der Waals surface area contributed by atoms with Crippen molar-refractivity contribution in [1.82, 2.24) is 0 Å². The molecule has 0 fully saturated rings. The van der Waals surface area contributed by atoms with Crippen LogP contribution in [0.2, 0.25) is 0 Å². The highest BCUT2D eigenvalue weighted by Crippen LogP contribution is 2.23. The zero-order chi connectivity index (χ0) is 11.4. The van der Waals surface area contributed by atoms with E-state index < -0.39 is 0 Å². The van der Waals surface area contributed by atoms with Gasteiger partial charge in [0.1, 0.15) is 5.75 Å². The molecule has 3 nitrogen and oxygen atoms in total. The van der Waals surface area contributed by atoms with E-state index in [1.165, 1.54) is 0 Å². The van der Waals surface area contributed by atoms with Gasteiger partial charge in [0.05, 0.1) is 13.5 Å². The lowest BCUT2D eigenvalue weighted by Crippen LogP contribution is -2.13. The second kappa shape index (κ2) is 4.82. The first kappa shape index (κ1) is 11.6. The fourth-order valence-corrected chi connectivity index (χ4v) is 1.44. The van der Waals surface area contributed by atoms with E-state index in [2.05, 4.69) is 13.8 Å². The molecule has 15 heavy (non-hydrogen) atoms. The fraction of sp³-hybridized carbons (Fsp3) is 0.417. The first-order valence-corrected chi connectivity index (χ1v) is 4.99.